The lowest BCUT2D eigenvalue weighted by Gasteiger charge is -2.43. The first kappa shape index (κ1) is 43.3. The Hall–Kier alpha value is -5.83. The predicted octanol–water partition coefficient (Wildman–Crippen LogP) is 0.523. The van der Waals surface area contributed by atoms with Crippen molar-refractivity contribution in [3.63, 3.8) is 0 Å². The summed E-state index contributed by atoms with van der Waals surface area (Å²) in [6.07, 6.45) is -7.82. The largest absolute Gasteiger partial charge is 0.508 e. The highest BCUT2D eigenvalue weighted by atomic mass is 16.8. The standard InChI is InChI=1S/C40H42O18/c1-52-28-18-24(6-14-27(28)44)9-17-33(47)56-38-35(49)30(20-53-31(45)15-7-22-2-10-25(42)11-3-22)57-40(38,58-39-37(51)36(50)34(48)29(19-41)55-39)21-54-32(46)16-8-23-4-12-26(43)13-5-23/h2-18,29-30,34-39,41-44,48-51H,19-21H2,1H3/b15-7+,16-8+,17-9+/t29-,30-,34-,35-,36+,37-,38+,39-,40+/m1/s1. The number of phenolic OH excluding ortho intramolecular Hbond substituents is 3. The van der Waals surface area contributed by atoms with Crippen molar-refractivity contribution in [3.05, 3.63) is 102 Å². The molecule has 9 atom stereocenters. The van der Waals surface area contributed by atoms with Gasteiger partial charge in [0.1, 0.15) is 61.3 Å². The quantitative estimate of drug-likeness (QED) is 0.0590. The molecule has 2 aliphatic rings. The number of methoxy groups -OCH3 is 1. The van der Waals surface area contributed by atoms with Crippen LogP contribution >= 0.6 is 0 Å². The Bertz CT molecular complexity index is 1960. The van der Waals surface area contributed by atoms with Gasteiger partial charge in [-0.2, -0.15) is 0 Å². The second-order valence-corrected chi connectivity index (χ2v) is 13.0. The van der Waals surface area contributed by atoms with E-state index in [2.05, 4.69) is 0 Å². The molecular formula is C40H42O18. The molecule has 2 aliphatic heterocycles. The molecule has 0 radical (unpaired) electrons. The Balaban J connectivity index is 1.45. The minimum atomic E-state index is -2.61. The highest BCUT2D eigenvalue weighted by Crippen LogP contribution is 2.39. The molecule has 0 amide bonds. The smallest absolute Gasteiger partial charge is 0.331 e. The Morgan fingerprint density at radius 1 is 0.690 bits per heavy atom. The fourth-order valence-corrected chi connectivity index (χ4v) is 5.80. The molecule has 2 fully saturated rings. The zero-order chi connectivity index (χ0) is 42.0. The lowest BCUT2D eigenvalue weighted by molar-refractivity contribution is -0.383. The number of benzene rings is 3. The van der Waals surface area contributed by atoms with Crippen LogP contribution in [0, 0.1) is 0 Å². The summed E-state index contributed by atoms with van der Waals surface area (Å²) in [5.74, 6) is -5.76. The maximum absolute atomic E-state index is 13.4. The number of phenols is 3. The molecular weight excluding hydrogens is 768 g/mol. The van der Waals surface area contributed by atoms with Gasteiger partial charge >= 0.3 is 17.9 Å². The minimum Gasteiger partial charge on any atom is -0.508 e. The highest BCUT2D eigenvalue weighted by Gasteiger charge is 2.62. The first-order valence-electron chi connectivity index (χ1n) is 17.6. The maximum atomic E-state index is 13.4. The van der Waals surface area contributed by atoms with E-state index in [1.54, 1.807) is 0 Å². The fourth-order valence-electron chi connectivity index (χ4n) is 5.80. The van der Waals surface area contributed by atoms with Crippen molar-refractivity contribution in [1.29, 1.82) is 0 Å². The van der Waals surface area contributed by atoms with Crippen LogP contribution in [-0.4, -0.2) is 140 Å². The summed E-state index contributed by atoms with van der Waals surface area (Å²) < 4.78 is 39.0. The van der Waals surface area contributed by atoms with Crippen LogP contribution in [0.2, 0.25) is 0 Å². The molecule has 18 heteroatoms. The SMILES string of the molecule is COc1cc(/C=C/C(=O)O[C@H]2[C@H](O)[C@@H](COC(=O)/C=C/c3ccc(O)cc3)O[C@@]2(COC(=O)/C=C/c2ccc(O)cc2)O[C@H]2O[C@H](CO)[C@@H](O)[C@H](O)[C@H]2O)ccc1O. The van der Waals surface area contributed by atoms with Crippen molar-refractivity contribution >= 4 is 36.1 Å². The van der Waals surface area contributed by atoms with Crippen LogP contribution in [0.3, 0.4) is 0 Å². The minimum absolute atomic E-state index is 0.00638. The Labute approximate surface area is 330 Å². The van der Waals surface area contributed by atoms with E-state index >= 15 is 0 Å². The third-order valence-corrected chi connectivity index (χ3v) is 8.91. The van der Waals surface area contributed by atoms with Gasteiger partial charge in [-0.25, -0.2) is 14.4 Å². The lowest BCUT2D eigenvalue weighted by atomic mass is 9.99. The number of aliphatic hydroxyl groups is 5. The van der Waals surface area contributed by atoms with E-state index in [-0.39, 0.29) is 23.0 Å². The molecule has 0 aromatic heterocycles. The van der Waals surface area contributed by atoms with Gasteiger partial charge in [0.05, 0.1) is 13.7 Å². The van der Waals surface area contributed by atoms with E-state index in [0.29, 0.717) is 16.7 Å². The Kier molecular flexibility index (Phi) is 14.6. The summed E-state index contributed by atoms with van der Waals surface area (Å²) in [6, 6.07) is 15.8. The van der Waals surface area contributed by atoms with Gasteiger partial charge < -0.3 is 74.0 Å². The van der Waals surface area contributed by atoms with E-state index in [9.17, 15) is 55.2 Å². The molecule has 8 N–H and O–H groups in total. The van der Waals surface area contributed by atoms with Crippen molar-refractivity contribution < 1.29 is 88.4 Å². The summed E-state index contributed by atoms with van der Waals surface area (Å²) in [7, 11) is 1.32. The molecule has 310 valence electrons. The normalized spacial score (nSPS) is 27.2. The second kappa shape index (κ2) is 19.5. The van der Waals surface area contributed by atoms with Gasteiger partial charge in [-0.05, 0) is 71.3 Å². The molecule has 0 unspecified atom stereocenters. The molecule has 18 nitrogen and oxygen atoms in total. The molecule has 3 aromatic carbocycles. The lowest BCUT2D eigenvalue weighted by Crippen LogP contribution is -2.63. The van der Waals surface area contributed by atoms with E-state index in [4.69, 9.17) is 33.2 Å². The van der Waals surface area contributed by atoms with Crippen LogP contribution in [0.4, 0.5) is 0 Å². The first-order chi connectivity index (χ1) is 27.7. The molecule has 0 saturated carbocycles. The number of carbonyl (C=O) groups excluding carboxylic acids is 3. The van der Waals surface area contributed by atoms with E-state index in [1.807, 2.05) is 0 Å². The average Bonchev–Trinajstić information content (AvgIpc) is 3.47. The summed E-state index contributed by atoms with van der Waals surface area (Å²) in [4.78, 5) is 39.1. The molecule has 3 aromatic rings. The second-order valence-electron chi connectivity index (χ2n) is 13.0. The van der Waals surface area contributed by atoms with Gasteiger partial charge in [0.25, 0.3) is 0 Å². The van der Waals surface area contributed by atoms with Crippen molar-refractivity contribution in [2.75, 3.05) is 26.9 Å². The maximum Gasteiger partial charge on any atom is 0.331 e. The van der Waals surface area contributed by atoms with Crippen molar-refractivity contribution in [2.24, 2.45) is 0 Å². The zero-order valence-electron chi connectivity index (χ0n) is 30.7. The van der Waals surface area contributed by atoms with Crippen molar-refractivity contribution in [1.82, 2.24) is 0 Å². The fraction of sp³-hybridized carbons (Fsp3) is 0.325. The molecule has 2 saturated heterocycles. The number of rotatable bonds is 15. The van der Waals surface area contributed by atoms with E-state index in [0.717, 1.165) is 18.2 Å². The summed E-state index contributed by atoms with van der Waals surface area (Å²) >= 11 is 0. The molecule has 0 spiro atoms. The molecule has 5 rings (SSSR count). The van der Waals surface area contributed by atoms with Crippen LogP contribution in [-0.2, 0) is 42.8 Å². The van der Waals surface area contributed by atoms with Crippen LogP contribution in [0.25, 0.3) is 18.2 Å². The predicted molar refractivity (Wildman–Crippen MR) is 198 cm³/mol. The van der Waals surface area contributed by atoms with Gasteiger partial charge in [-0.15, -0.1) is 0 Å². The topological polar surface area (TPSA) is 278 Å². The number of aliphatic hydroxyl groups excluding tert-OH is 5. The third kappa shape index (κ3) is 11.0. The highest BCUT2D eigenvalue weighted by molar-refractivity contribution is 5.88. The summed E-state index contributed by atoms with van der Waals surface area (Å²) in [5, 5.41) is 82.2. The number of carbonyl (C=O) groups is 3. The van der Waals surface area contributed by atoms with Crippen LogP contribution in [0.5, 0.6) is 23.0 Å². The Morgan fingerprint density at radius 2 is 1.24 bits per heavy atom. The summed E-state index contributed by atoms with van der Waals surface area (Å²) in [5.41, 5.74) is 1.39. The average molecular weight is 811 g/mol. The van der Waals surface area contributed by atoms with Gasteiger partial charge in [0.15, 0.2) is 23.9 Å². The molecule has 58 heavy (non-hydrogen) atoms. The first-order valence-corrected chi connectivity index (χ1v) is 17.6. The number of aromatic hydroxyl groups is 3. The third-order valence-electron chi connectivity index (χ3n) is 8.91. The monoisotopic (exact) mass is 810 g/mol. The number of hydrogen-bond donors (Lipinski definition) is 8. The van der Waals surface area contributed by atoms with Crippen molar-refractivity contribution in [3.8, 4) is 23.0 Å². The van der Waals surface area contributed by atoms with Crippen LogP contribution in [0.1, 0.15) is 16.7 Å². The van der Waals surface area contributed by atoms with E-state index in [1.165, 1.54) is 92.1 Å². The number of hydrogen-bond acceptors (Lipinski definition) is 18. The van der Waals surface area contributed by atoms with Gasteiger partial charge in [-0.3, -0.25) is 0 Å². The van der Waals surface area contributed by atoms with Crippen molar-refractivity contribution in [2.45, 2.75) is 54.8 Å². The number of ether oxygens (including phenoxy) is 7. The number of esters is 3. The van der Waals surface area contributed by atoms with E-state index < -0.39 is 92.5 Å². The molecule has 0 aliphatic carbocycles. The van der Waals surface area contributed by atoms with Gasteiger partial charge in [-0.1, -0.05) is 30.3 Å². The van der Waals surface area contributed by atoms with Crippen LogP contribution in [0.15, 0.2) is 85.0 Å². The zero-order valence-corrected chi connectivity index (χ0v) is 30.7. The van der Waals surface area contributed by atoms with Gasteiger partial charge in [0.2, 0.25) is 5.79 Å². The molecule has 2 heterocycles. The molecule has 0 bridgehead atoms. The van der Waals surface area contributed by atoms with Crippen LogP contribution < -0.4 is 4.74 Å². The Morgan fingerprint density at radius 3 is 1.83 bits per heavy atom. The van der Waals surface area contributed by atoms with Gasteiger partial charge in [0, 0.05) is 18.2 Å². The summed E-state index contributed by atoms with van der Waals surface area (Å²) in [6.45, 7) is -2.59.